The fourth-order valence-corrected chi connectivity index (χ4v) is 1.89. The topological polar surface area (TPSA) is 13.1 Å². The Bertz CT molecular complexity index is 450. The fraction of sp³-hybridized carbons (Fsp3) is 0.385. The second-order valence-corrected chi connectivity index (χ2v) is 4.40. The van der Waals surface area contributed by atoms with Gasteiger partial charge in [-0.05, 0) is 56.0 Å². The number of furan rings is 1. The molecule has 0 N–H and O–H groups in total. The average molecular weight is 186 g/mol. The van der Waals surface area contributed by atoms with E-state index in [1.165, 1.54) is 35.1 Å². The van der Waals surface area contributed by atoms with Gasteiger partial charge in [0.15, 0.2) is 0 Å². The molecule has 1 aliphatic rings. The molecule has 1 saturated carbocycles. The van der Waals surface area contributed by atoms with E-state index >= 15 is 0 Å². The number of aryl methyl sites for hydroxylation is 2. The van der Waals surface area contributed by atoms with Gasteiger partial charge in [0.1, 0.15) is 11.3 Å². The Morgan fingerprint density at radius 3 is 2.50 bits per heavy atom. The molecule has 0 radical (unpaired) electrons. The van der Waals surface area contributed by atoms with E-state index in [9.17, 15) is 0 Å². The molecule has 2 aromatic rings. The van der Waals surface area contributed by atoms with Crippen molar-refractivity contribution in [2.24, 2.45) is 0 Å². The third kappa shape index (κ3) is 1.16. The van der Waals surface area contributed by atoms with Crippen molar-refractivity contribution >= 4 is 11.0 Å². The van der Waals surface area contributed by atoms with Crippen LogP contribution in [0.3, 0.4) is 0 Å². The zero-order valence-corrected chi connectivity index (χ0v) is 8.63. The van der Waals surface area contributed by atoms with E-state index in [0.717, 1.165) is 5.58 Å². The van der Waals surface area contributed by atoms with Crippen molar-refractivity contribution in [2.45, 2.75) is 32.6 Å². The van der Waals surface area contributed by atoms with Crippen molar-refractivity contribution in [2.75, 3.05) is 0 Å². The van der Waals surface area contributed by atoms with Gasteiger partial charge >= 0.3 is 0 Å². The van der Waals surface area contributed by atoms with Crippen molar-refractivity contribution in [3.63, 3.8) is 0 Å². The van der Waals surface area contributed by atoms with Crippen molar-refractivity contribution in [3.8, 4) is 0 Å². The molecule has 0 amide bonds. The summed E-state index contributed by atoms with van der Waals surface area (Å²) in [5, 5.41) is 1.26. The Labute approximate surface area is 83.7 Å². The highest BCUT2D eigenvalue weighted by Gasteiger charge is 2.27. The van der Waals surface area contributed by atoms with E-state index in [1.54, 1.807) is 0 Å². The van der Waals surface area contributed by atoms with Gasteiger partial charge in [-0.25, -0.2) is 0 Å². The van der Waals surface area contributed by atoms with Crippen molar-refractivity contribution < 1.29 is 4.42 Å². The van der Waals surface area contributed by atoms with Gasteiger partial charge in [0.05, 0.1) is 0 Å². The molecule has 3 rings (SSSR count). The van der Waals surface area contributed by atoms with E-state index in [4.69, 9.17) is 4.42 Å². The van der Waals surface area contributed by atoms with E-state index < -0.39 is 0 Å². The lowest BCUT2D eigenvalue weighted by Gasteiger charge is -1.97. The van der Waals surface area contributed by atoms with Crippen LogP contribution in [-0.4, -0.2) is 0 Å². The Hall–Kier alpha value is -1.24. The van der Waals surface area contributed by atoms with E-state index in [2.05, 4.69) is 32.0 Å². The molecule has 0 saturated heterocycles. The van der Waals surface area contributed by atoms with E-state index in [0.29, 0.717) is 5.92 Å². The molecular weight excluding hydrogens is 172 g/mol. The molecule has 1 aliphatic carbocycles. The van der Waals surface area contributed by atoms with E-state index in [1.807, 2.05) is 0 Å². The fourth-order valence-electron chi connectivity index (χ4n) is 1.89. The summed E-state index contributed by atoms with van der Waals surface area (Å²) in [4.78, 5) is 0. The molecule has 0 spiro atoms. The first-order valence-corrected chi connectivity index (χ1v) is 5.25. The lowest BCUT2D eigenvalue weighted by Crippen LogP contribution is -1.77. The van der Waals surface area contributed by atoms with Crippen LogP contribution >= 0.6 is 0 Å². The lowest BCUT2D eigenvalue weighted by atomic mass is 10.1. The number of hydrogen-bond acceptors (Lipinski definition) is 1. The SMILES string of the molecule is Cc1cc2cc(C3CC3)oc2cc1C. The number of hydrogen-bond donors (Lipinski definition) is 0. The first-order chi connectivity index (χ1) is 6.74. The Kier molecular flexibility index (Phi) is 1.52. The molecule has 0 aliphatic heterocycles. The average Bonchev–Trinajstić information content (AvgIpc) is 2.90. The Morgan fingerprint density at radius 2 is 1.79 bits per heavy atom. The van der Waals surface area contributed by atoms with E-state index in [-0.39, 0.29) is 0 Å². The molecular formula is C13H14O. The van der Waals surface area contributed by atoms with Gasteiger partial charge in [0.2, 0.25) is 0 Å². The monoisotopic (exact) mass is 186 g/mol. The van der Waals surface area contributed by atoms with Crippen molar-refractivity contribution in [3.05, 3.63) is 35.1 Å². The molecule has 1 heterocycles. The third-order valence-electron chi connectivity index (χ3n) is 3.13. The third-order valence-corrected chi connectivity index (χ3v) is 3.13. The van der Waals surface area contributed by atoms with Crippen LogP contribution in [0.1, 0.15) is 35.6 Å². The van der Waals surface area contributed by atoms with Gasteiger partial charge in [-0.15, -0.1) is 0 Å². The predicted molar refractivity (Wildman–Crippen MR) is 57.7 cm³/mol. The minimum Gasteiger partial charge on any atom is -0.461 e. The van der Waals surface area contributed by atoms with Gasteiger partial charge < -0.3 is 4.42 Å². The van der Waals surface area contributed by atoms with Gasteiger partial charge in [-0.1, -0.05) is 0 Å². The molecule has 1 heteroatoms. The number of rotatable bonds is 1. The van der Waals surface area contributed by atoms with Crippen LogP contribution in [-0.2, 0) is 0 Å². The van der Waals surface area contributed by atoms with Crippen LogP contribution in [0.15, 0.2) is 22.6 Å². The molecule has 1 aromatic heterocycles. The predicted octanol–water partition coefficient (Wildman–Crippen LogP) is 3.93. The van der Waals surface area contributed by atoms with Gasteiger partial charge in [-0.2, -0.15) is 0 Å². The summed E-state index contributed by atoms with van der Waals surface area (Å²) in [5.41, 5.74) is 3.71. The maximum Gasteiger partial charge on any atom is 0.134 e. The largest absolute Gasteiger partial charge is 0.461 e. The zero-order valence-electron chi connectivity index (χ0n) is 8.63. The molecule has 1 nitrogen and oxygen atoms in total. The van der Waals surface area contributed by atoms with Gasteiger partial charge in [0.25, 0.3) is 0 Å². The molecule has 14 heavy (non-hydrogen) atoms. The summed E-state index contributed by atoms with van der Waals surface area (Å²) in [7, 11) is 0. The lowest BCUT2D eigenvalue weighted by molar-refractivity contribution is 0.552. The van der Waals surface area contributed by atoms with Crippen LogP contribution < -0.4 is 0 Å². The minimum atomic E-state index is 0.711. The molecule has 0 unspecified atom stereocenters. The van der Waals surface area contributed by atoms with Crippen LogP contribution in [0, 0.1) is 13.8 Å². The molecule has 1 fully saturated rings. The highest BCUT2D eigenvalue weighted by molar-refractivity contribution is 5.80. The summed E-state index contributed by atoms with van der Waals surface area (Å²) in [6.45, 7) is 4.28. The highest BCUT2D eigenvalue weighted by atomic mass is 16.3. The first-order valence-electron chi connectivity index (χ1n) is 5.25. The maximum atomic E-state index is 5.83. The smallest absolute Gasteiger partial charge is 0.134 e. The van der Waals surface area contributed by atoms with Gasteiger partial charge in [0, 0.05) is 11.3 Å². The second kappa shape index (κ2) is 2.63. The van der Waals surface area contributed by atoms with Crippen LogP contribution in [0.5, 0.6) is 0 Å². The van der Waals surface area contributed by atoms with Crippen molar-refractivity contribution in [1.29, 1.82) is 0 Å². The molecule has 1 aromatic carbocycles. The second-order valence-electron chi connectivity index (χ2n) is 4.40. The first kappa shape index (κ1) is 8.10. The summed E-state index contributed by atoms with van der Waals surface area (Å²) in [6.07, 6.45) is 2.61. The summed E-state index contributed by atoms with van der Waals surface area (Å²) in [6, 6.07) is 6.58. The maximum absolute atomic E-state index is 5.83. The Balaban J connectivity index is 2.22. The van der Waals surface area contributed by atoms with Gasteiger partial charge in [-0.3, -0.25) is 0 Å². The summed E-state index contributed by atoms with van der Waals surface area (Å²) < 4.78 is 5.83. The zero-order chi connectivity index (χ0) is 9.71. The summed E-state index contributed by atoms with van der Waals surface area (Å²) in [5.74, 6) is 1.90. The molecule has 0 bridgehead atoms. The van der Waals surface area contributed by atoms with Crippen LogP contribution in [0.25, 0.3) is 11.0 Å². The normalized spacial score (nSPS) is 16.4. The summed E-state index contributed by atoms with van der Waals surface area (Å²) >= 11 is 0. The Morgan fingerprint density at radius 1 is 1.07 bits per heavy atom. The standard InChI is InChI=1S/C13H14O/c1-8-5-11-7-13(10-3-4-10)14-12(11)6-9(8)2/h5-7,10H,3-4H2,1-2H3. The van der Waals surface area contributed by atoms with Crippen LogP contribution in [0.4, 0.5) is 0 Å². The highest BCUT2D eigenvalue weighted by Crippen LogP contribution is 2.42. The quantitative estimate of drug-likeness (QED) is 0.657. The van der Waals surface area contributed by atoms with Crippen molar-refractivity contribution in [1.82, 2.24) is 0 Å². The minimum absolute atomic E-state index is 0.711. The molecule has 0 atom stereocenters. The van der Waals surface area contributed by atoms with Crippen LogP contribution in [0.2, 0.25) is 0 Å². The number of benzene rings is 1. The molecule has 72 valence electrons. The number of fused-ring (bicyclic) bond motifs is 1.